The van der Waals surface area contributed by atoms with Gasteiger partial charge in [-0.2, -0.15) is 0 Å². The van der Waals surface area contributed by atoms with E-state index in [4.69, 9.17) is 19.9 Å². The van der Waals surface area contributed by atoms with E-state index in [0.29, 0.717) is 34.1 Å². The van der Waals surface area contributed by atoms with E-state index < -0.39 is 6.04 Å². The highest BCUT2D eigenvalue weighted by Gasteiger charge is 2.16. The lowest BCUT2D eigenvalue weighted by atomic mass is 10.0. The van der Waals surface area contributed by atoms with Crippen LogP contribution in [0.4, 0.5) is 5.69 Å². The van der Waals surface area contributed by atoms with Gasteiger partial charge in [0.1, 0.15) is 17.2 Å². The molecule has 0 bridgehead atoms. The Bertz CT molecular complexity index is 935. The number of ketones is 1. The number of benzene rings is 2. The molecular formula is C22H26N2O5. The molecule has 3 N–H and O–H groups in total. The summed E-state index contributed by atoms with van der Waals surface area (Å²) in [6.45, 7) is 3.31. The fourth-order valence-corrected chi connectivity index (χ4v) is 2.68. The first-order valence-electron chi connectivity index (χ1n) is 9.00. The van der Waals surface area contributed by atoms with Crippen LogP contribution >= 0.6 is 0 Å². The largest absolute Gasteiger partial charge is 0.497 e. The molecule has 0 radical (unpaired) electrons. The van der Waals surface area contributed by atoms with Crippen LogP contribution in [-0.4, -0.2) is 39.1 Å². The van der Waals surface area contributed by atoms with Crippen molar-refractivity contribution in [2.75, 3.05) is 26.6 Å². The monoisotopic (exact) mass is 398 g/mol. The Labute approximate surface area is 170 Å². The summed E-state index contributed by atoms with van der Waals surface area (Å²) in [6, 6.07) is 9.62. The average molecular weight is 398 g/mol. The number of ether oxygens (including phenoxy) is 3. The van der Waals surface area contributed by atoms with Crippen molar-refractivity contribution < 1.29 is 23.8 Å². The third-order valence-corrected chi connectivity index (χ3v) is 4.29. The van der Waals surface area contributed by atoms with E-state index in [-0.39, 0.29) is 11.7 Å². The molecule has 29 heavy (non-hydrogen) atoms. The number of Topliss-reactive ketones (excluding diaryl/α,β-unsaturated/α-hetero) is 1. The number of methoxy groups -OCH3 is 3. The second-order valence-electron chi connectivity index (χ2n) is 6.46. The maximum atomic E-state index is 13.0. The van der Waals surface area contributed by atoms with E-state index in [0.717, 1.165) is 5.56 Å². The standard InChI is InChI=1S/C22H26N2O5/c1-13(21(25)17-12-16(27-3)7-9-19(17)28-4)10-15-6-8-20(29-5)18(11-15)24-22(26)14(2)23/h6-12,14H,23H2,1-5H3,(H,24,26). The lowest BCUT2D eigenvalue weighted by Gasteiger charge is -2.13. The number of carbonyl (C=O) groups excluding carboxylic acids is 2. The minimum atomic E-state index is -0.664. The number of rotatable bonds is 8. The molecule has 0 heterocycles. The van der Waals surface area contributed by atoms with E-state index in [1.165, 1.54) is 21.3 Å². The Hall–Kier alpha value is -3.32. The summed E-state index contributed by atoms with van der Waals surface area (Å²) in [5.41, 5.74) is 7.71. The van der Waals surface area contributed by atoms with Gasteiger partial charge in [0.15, 0.2) is 5.78 Å². The molecule has 0 aliphatic carbocycles. The van der Waals surface area contributed by atoms with Crippen LogP contribution in [0.3, 0.4) is 0 Å². The van der Waals surface area contributed by atoms with Gasteiger partial charge < -0.3 is 25.3 Å². The van der Waals surface area contributed by atoms with Crippen molar-refractivity contribution in [1.29, 1.82) is 0 Å². The molecule has 1 atom stereocenters. The highest BCUT2D eigenvalue weighted by molar-refractivity contribution is 6.12. The Morgan fingerprint density at radius 1 is 1.00 bits per heavy atom. The Morgan fingerprint density at radius 2 is 1.66 bits per heavy atom. The van der Waals surface area contributed by atoms with Crippen molar-refractivity contribution >= 4 is 23.5 Å². The minimum absolute atomic E-state index is 0.197. The molecule has 7 nitrogen and oxygen atoms in total. The van der Waals surface area contributed by atoms with E-state index in [2.05, 4.69) is 5.32 Å². The number of anilines is 1. The number of hydrogen-bond donors (Lipinski definition) is 2. The summed E-state index contributed by atoms with van der Waals surface area (Å²) in [5, 5.41) is 2.73. The Balaban J connectivity index is 2.38. The smallest absolute Gasteiger partial charge is 0.241 e. The second-order valence-corrected chi connectivity index (χ2v) is 6.46. The minimum Gasteiger partial charge on any atom is -0.497 e. The third-order valence-electron chi connectivity index (χ3n) is 4.29. The zero-order valence-corrected chi connectivity index (χ0v) is 17.2. The first-order valence-corrected chi connectivity index (χ1v) is 9.00. The lowest BCUT2D eigenvalue weighted by Crippen LogP contribution is -2.32. The molecule has 7 heteroatoms. The van der Waals surface area contributed by atoms with Gasteiger partial charge in [-0.25, -0.2) is 0 Å². The highest BCUT2D eigenvalue weighted by atomic mass is 16.5. The van der Waals surface area contributed by atoms with Crippen LogP contribution in [0, 0.1) is 0 Å². The summed E-state index contributed by atoms with van der Waals surface area (Å²) >= 11 is 0. The molecule has 0 saturated heterocycles. The van der Waals surface area contributed by atoms with Crippen molar-refractivity contribution in [2.24, 2.45) is 5.73 Å². The molecule has 2 aromatic carbocycles. The number of hydrogen-bond acceptors (Lipinski definition) is 6. The van der Waals surface area contributed by atoms with Crippen LogP contribution in [-0.2, 0) is 4.79 Å². The third kappa shape index (κ3) is 5.36. The zero-order chi connectivity index (χ0) is 21.6. The molecule has 0 aliphatic heterocycles. The Kier molecular flexibility index (Phi) is 7.39. The number of nitrogens with two attached hydrogens (primary N) is 1. The van der Waals surface area contributed by atoms with E-state index in [1.54, 1.807) is 56.3 Å². The summed E-state index contributed by atoms with van der Waals surface area (Å²) in [6.07, 6.45) is 1.72. The summed E-state index contributed by atoms with van der Waals surface area (Å²) in [5.74, 6) is 0.987. The predicted molar refractivity (Wildman–Crippen MR) is 113 cm³/mol. The van der Waals surface area contributed by atoms with Gasteiger partial charge in [-0.05, 0) is 61.4 Å². The number of carbonyl (C=O) groups is 2. The molecule has 1 amide bonds. The van der Waals surface area contributed by atoms with Crippen molar-refractivity contribution in [3.05, 3.63) is 53.1 Å². The van der Waals surface area contributed by atoms with Crippen LogP contribution in [0.1, 0.15) is 29.8 Å². The lowest BCUT2D eigenvalue weighted by molar-refractivity contribution is -0.117. The van der Waals surface area contributed by atoms with Crippen LogP contribution in [0.25, 0.3) is 6.08 Å². The van der Waals surface area contributed by atoms with Crippen LogP contribution in [0.15, 0.2) is 42.0 Å². The van der Waals surface area contributed by atoms with Crippen molar-refractivity contribution in [3.8, 4) is 17.2 Å². The van der Waals surface area contributed by atoms with Crippen molar-refractivity contribution in [3.63, 3.8) is 0 Å². The highest BCUT2D eigenvalue weighted by Crippen LogP contribution is 2.29. The summed E-state index contributed by atoms with van der Waals surface area (Å²) in [7, 11) is 4.55. The molecule has 2 rings (SSSR count). The zero-order valence-electron chi connectivity index (χ0n) is 17.2. The number of nitrogens with one attached hydrogen (secondary N) is 1. The number of allylic oxidation sites excluding steroid dienone is 1. The summed E-state index contributed by atoms with van der Waals surface area (Å²) < 4.78 is 15.8. The van der Waals surface area contributed by atoms with E-state index >= 15 is 0 Å². The first-order chi connectivity index (χ1) is 13.8. The average Bonchev–Trinajstić information content (AvgIpc) is 2.72. The van der Waals surface area contributed by atoms with Gasteiger partial charge in [0.05, 0.1) is 38.6 Å². The fourth-order valence-electron chi connectivity index (χ4n) is 2.68. The molecule has 0 aromatic heterocycles. The molecule has 0 saturated carbocycles. The van der Waals surface area contributed by atoms with Gasteiger partial charge in [-0.15, -0.1) is 0 Å². The van der Waals surface area contributed by atoms with Crippen molar-refractivity contribution in [1.82, 2.24) is 0 Å². The molecule has 2 aromatic rings. The maximum absolute atomic E-state index is 13.0. The van der Waals surface area contributed by atoms with Gasteiger partial charge in [0.25, 0.3) is 0 Å². The quantitative estimate of drug-likeness (QED) is 0.523. The maximum Gasteiger partial charge on any atom is 0.241 e. The van der Waals surface area contributed by atoms with Crippen LogP contribution in [0.2, 0.25) is 0 Å². The number of amides is 1. The molecular weight excluding hydrogens is 372 g/mol. The molecule has 0 fully saturated rings. The van der Waals surface area contributed by atoms with Gasteiger partial charge in [0, 0.05) is 0 Å². The Morgan fingerprint density at radius 3 is 2.24 bits per heavy atom. The van der Waals surface area contributed by atoms with E-state index in [1.807, 2.05) is 0 Å². The molecule has 154 valence electrons. The SMILES string of the molecule is COc1ccc(OC)c(C(=O)C(C)=Cc2ccc(OC)c(NC(=O)C(C)N)c2)c1. The second kappa shape index (κ2) is 9.75. The first kappa shape index (κ1) is 22.0. The van der Waals surface area contributed by atoms with Crippen molar-refractivity contribution in [2.45, 2.75) is 19.9 Å². The van der Waals surface area contributed by atoms with Gasteiger partial charge in [0.2, 0.25) is 5.91 Å². The van der Waals surface area contributed by atoms with Gasteiger partial charge in [-0.1, -0.05) is 6.07 Å². The van der Waals surface area contributed by atoms with Crippen LogP contribution < -0.4 is 25.3 Å². The van der Waals surface area contributed by atoms with Gasteiger partial charge >= 0.3 is 0 Å². The van der Waals surface area contributed by atoms with E-state index in [9.17, 15) is 9.59 Å². The summed E-state index contributed by atoms with van der Waals surface area (Å²) in [4.78, 5) is 24.9. The van der Waals surface area contributed by atoms with Crippen LogP contribution in [0.5, 0.6) is 17.2 Å². The predicted octanol–water partition coefficient (Wildman–Crippen LogP) is 3.28. The topological polar surface area (TPSA) is 99.9 Å². The molecule has 0 aliphatic rings. The van der Waals surface area contributed by atoms with Gasteiger partial charge in [-0.3, -0.25) is 9.59 Å². The normalized spacial score (nSPS) is 12.1. The molecule has 1 unspecified atom stereocenters. The molecule has 0 spiro atoms. The fraction of sp³-hybridized carbons (Fsp3) is 0.273.